The first-order valence-corrected chi connectivity index (χ1v) is 6.99. The van der Waals surface area contributed by atoms with Crippen LogP contribution in [-0.4, -0.2) is 0 Å². The lowest BCUT2D eigenvalue weighted by Crippen LogP contribution is -2.47. The molecule has 1 fully saturated rings. The summed E-state index contributed by atoms with van der Waals surface area (Å²) in [7, 11) is 0. The van der Waals surface area contributed by atoms with Gasteiger partial charge in [0.25, 0.3) is 0 Å². The summed E-state index contributed by atoms with van der Waals surface area (Å²) >= 11 is 0. The maximum absolute atomic E-state index is 2.54. The number of hydrogen-bond acceptors (Lipinski definition) is 0. The third-order valence-corrected chi connectivity index (χ3v) is 5.65. The topological polar surface area (TPSA) is 0 Å². The Bertz CT molecular complexity index is 291. The van der Waals surface area contributed by atoms with Gasteiger partial charge in [-0.3, -0.25) is 0 Å². The van der Waals surface area contributed by atoms with Crippen molar-refractivity contribution < 1.29 is 0 Å². The van der Waals surface area contributed by atoms with Gasteiger partial charge in [0.2, 0.25) is 0 Å². The molecule has 4 unspecified atom stereocenters. The zero-order chi connectivity index (χ0) is 11.2. The average Bonchev–Trinajstić information content (AvgIpc) is 2.29. The Morgan fingerprint density at radius 1 is 0.750 bits per heavy atom. The van der Waals surface area contributed by atoms with Crippen molar-refractivity contribution in [3.05, 3.63) is 24.3 Å². The van der Waals surface area contributed by atoms with Gasteiger partial charge in [0.1, 0.15) is 0 Å². The molecular weight excluding hydrogens is 192 g/mol. The Morgan fingerprint density at radius 3 is 1.69 bits per heavy atom. The highest BCUT2D eigenvalue weighted by molar-refractivity contribution is 5.09. The molecule has 0 nitrogen and oxygen atoms in total. The highest BCUT2D eigenvalue weighted by atomic mass is 14.5. The van der Waals surface area contributed by atoms with Gasteiger partial charge in [0.05, 0.1) is 0 Å². The van der Waals surface area contributed by atoms with E-state index >= 15 is 0 Å². The van der Waals surface area contributed by atoms with Crippen molar-refractivity contribution in [2.75, 3.05) is 0 Å². The molecule has 0 heterocycles. The lowest BCUT2D eigenvalue weighted by molar-refractivity contribution is -0.0327. The second-order valence-corrected chi connectivity index (χ2v) is 6.68. The molecule has 0 aliphatic heterocycles. The first-order chi connectivity index (χ1) is 7.69. The standard InChI is InChI=1S/C16H24/c1-16(2)14-9-5-3-7-12(14)11-13-8-4-6-10-15(13)16/h3-6,12-15H,7-11H2,1-2H3. The van der Waals surface area contributed by atoms with E-state index in [0.29, 0.717) is 5.41 Å². The largest absolute Gasteiger partial charge is 0.0882 e. The van der Waals surface area contributed by atoms with Crippen LogP contribution in [0.4, 0.5) is 0 Å². The molecule has 0 N–H and O–H groups in total. The van der Waals surface area contributed by atoms with Crippen LogP contribution in [0.2, 0.25) is 0 Å². The minimum Gasteiger partial charge on any atom is -0.0882 e. The van der Waals surface area contributed by atoms with Crippen LogP contribution in [0.1, 0.15) is 46.0 Å². The van der Waals surface area contributed by atoms with Gasteiger partial charge in [-0.2, -0.15) is 0 Å². The van der Waals surface area contributed by atoms with Crippen molar-refractivity contribution in [3.63, 3.8) is 0 Å². The molecule has 0 amide bonds. The van der Waals surface area contributed by atoms with E-state index in [2.05, 4.69) is 38.2 Å². The highest BCUT2D eigenvalue weighted by Gasteiger charge is 2.48. The fraction of sp³-hybridized carbons (Fsp3) is 0.750. The zero-order valence-electron chi connectivity index (χ0n) is 10.7. The fourth-order valence-electron chi connectivity index (χ4n) is 4.75. The molecule has 0 heteroatoms. The maximum atomic E-state index is 2.54. The van der Waals surface area contributed by atoms with E-state index in [1.54, 1.807) is 0 Å². The third kappa shape index (κ3) is 1.49. The quantitative estimate of drug-likeness (QED) is 0.520. The summed E-state index contributed by atoms with van der Waals surface area (Å²) in [6.45, 7) is 5.08. The summed E-state index contributed by atoms with van der Waals surface area (Å²) in [4.78, 5) is 0. The molecule has 0 aromatic rings. The van der Waals surface area contributed by atoms with Crippen LogP contribution in [0.15, 0.2) is 24.3 Å². The number of fused-ring (bicyclic) bond motifs is 2. The van der Waals surface area contributed by atoms with Crippen molar-refractivity contribution in [2.45, 2.75) is 46.0 Å². The van der Waals surface area contributed by atoms with Crippen molar-refractivity contribution >= 4 is 0 Å². The lowest BCUT2D eigenvalue weighted by Gasteiger charge is -2.54. The van der Waals surface area contributed by atoms with Crippen LogP contribution in [0.25, 0.3) is 0 Å². The summed E-state index contributed by atoms with van der Waals surface area (Å²) in [5.41, 5.74) is 0.559. The molecule has 3 aliphatic rings. The van der Waals surface area contributed by atoms with E-state index in [1.807, 2.05) is 0 Å². The van der Waals surface area contributed by atoms with Gasteiger partial charge in [0, 0.05) is 0 Å². The van der Waals surface area contributed by atoms with Crippen LogP contribution in [0.5, 0.6) is 0 Å². The minimum atomic E-state index is 0.559. The molecule has 0 aromatic carbocycles. The number of rotatable bonds is 0. The summed E-state index contributed by atoms with van der Waals surface area (Å²) in [5, 5.41) is 0. The average molecular weight is 216 g/mol. The molecule has 3 rings (SSSR count). The SMILES string of the molecule is CC1(C)C2CC=CCC2CC2CC=CCC21. The summed E-state index contributed by atoms with van der Waals surface area (Å²) in [6.07, 6.45) is 16.6. The van der Waals surface area contributed by atoms with Crippen LogP contribution < -0.4 is 0 Å². The Kier molecular flexibility index (Phi) is 2.49. The van der Waals surface area contributed by atoms with Gasteiger partial charge in [-0.25, -0.2) is 0 Å². The molecule has 88 valence electrons. The summed E-state index contributed by atoms with van der Waals surface area (Å²) < 4.78 is 0. The van der Waals surface area contributed by atoms with E-state index in [-0.39, 0.29) is 0 Å². The molecule has 16 heavy (non-hydrogen) atoms. The smallest absolute Gasteiger partial charge is 0.0286 e. The van der Waals surface area contributed by atoms with E-state index in [9.17, 15) is 0 Å². The van der Waals surface area contributed by atoms with E-state index in [1.165, 1.54) is 32.1 Å². The van der Waals surface area contributed by atoms with Gasteiger partial charge in [0.15, 0.2) is 0 Å². The first-order valence-electron chi connectivity index (χ1n) is 6.99. The summed E-state index contributed by atoms with van der Waals surface area (Å²) in [5.74, 6) is 3.86. The molecule has 4 atom stereocenters. The number of allylic oxidation sites excluding steroid dienone is 4. The van der Waals surface area contributed by atoms with E-state index in [4.69, 9.17) is 0 Å². The predicted molar refractivity (Wildman–Crippen MR) is 69.1 cm³/mol. The maximum Gasteiger partial charge on any atom is -0.0286 e. The molecule has 0 saturated heterocycles. The van der Waals surface area contributed by atoms with Gasteiger partial charge < -0.3 is 0 Å². The molecule has 0 radical (unpaired) electrons. The second kappa shape index (κ2) is 3.75. The molecule has 1 saturated carbocycles. The molecule has 0 spiro atoms. The monoisotopic (exact) mass is 216 g/mol. The highest BCUT2D eigenvalue weighted by Crippen LogP contribution is 2.57. The zero-order valence-corrected chi connectivity index (χ0v) is 10.7. The summed E-state index contributed by atoms with van der Waals surface area (Å²) in [6, 6.07) is 0. The van der Waals surface area contributed by atoms with Crippen molar-refractivity contribution in [1.82, 2.24) is 0 Å². The molecule has 3 aliphatic carbocycles. The Hall–Kier alpha value is -0.520. The molecule has 0 bridgehead atoms. The molecule has 0 aromatic heterocycles. The van der Waals surface area contributed by atoms with Crippen LogP contribution in [-0.2, 0) is 0 Å². The van der Waals surface area contributed by atoms with Crippen LogP contribution in [0, 0.1) is 29.1 Å². The van der Waals surface area contributed by atoms with E-state index in [0.717, 1.165) is 23.7 Å². The lowest BCUT2D eigenvalue weighted by atomic mass is 9.50. The van der Waals surface area contributed by atoms with Gasteiger partial charge in [-0.15, -0.1) is 0 Å². The Balaban J connectivity index is 1.91. The van der Waals surface area contributed by atoms with E-state index < -0.39 is 0 Å². The van der Waals surface area contributed by atoms with Crippen LogP contribution in [0.3, 0.4) is 0 Å². The Morgan fingerprint density at radius 2 is 1.19 bits per heavy atom. The third-order valence-electron chi connectivity index (χ3n) is 5.65. The normalized spacial score (nSPS) is 44.9. The fourth-order valence-corrected chi connectivity index (χ4v) is 4.75. The van der Waals surface area contributed by atoms with Crippen LogP contribution >= 0.6 is 0 Å². The van der Waals surface area contributed by atoms with Gasteiger partial charge in [-0.1, -0.05) is 38.2 Å². The number of hydrogen-bond donors (Lipinski definition) is 0. The second-order valence-electron chi connectivity index (χ2n) is 6.68. The van der Waals surface area contributed by atoms with Crippen molar-refractivity contribution in [3.8, 4) is 0 Å². The van der Waals surface area contributed by atoms with Crippen molar-refractivity contribution in [1.29, 1.82) is 0 Å². The van der Waals surface area contributed by atoms with Gasteiger partial charge >= 0.3 is 0 Å². The first kappa shape index (κ1) is 10.6. The molecular formula is C16H24. The van der Waals surface area contributed by atoms with Gasteiger partial charge in [-0.05, 0) is 61.2 Å². The minimum absolute atomic E-state index is 0.559. The Labute approximate surface area is 99.8 Å². The van der Waals surface area contributed by atoms with Crippen molar-refractivity contribution in [2.24, 2.45) is 29.1 Å². The predicted octanol–water partition coefficient (Wildman–Crippen LogP) is 4.58.